The van der Waals surface area contributed by atoms with Gasteiger partial charge in [-0.05, 0) is 68.9 Å². The summed E-state index contributed by atoms with van der Waals surface area (Å²) in [6, 6.07) is 10.6. The molecule has 270 valence electrons. The van der Waals surface area contributed by atoms with E-state index in [1.165, 1.54) is 17.4 Å². The highest BCUT2D eigenvalue weighted by Gasteiger charge is 2.30. The van der Waals surface area contributed by atoms with Gasteiger partial charge in [-0.2, -0.15) is 18.4 Å². The summed E-state index contributed by atoms with van der Waals surface area (Å²) in [5, 5.41) is 15.3. The standard InChI is InChI=1S/C35H45F3N8O2S2/c1-5-32-41-33(30-17-28(18-35(36,37)38)49-34(30)42-32)40-25-8-12-44(13-9-25)21-24-6-7-31-29(23(24)3)16-27(19-39)46(31)20-22(2)45-14-10-26(11-15-45)43-50(4,47)48/h6-7,16-17,22,25-26,43H,5,8-15,18,20-21H2,1-4H3,(H,40,41,42)/t22-/m0/s1. The molecule has 0 unspecified atom stereocenters. The van der Waals surface area contributed by atoms with Crippen LogP contribution in [0.1, 0.15) is 67.1 Å². The zero-order valence-corrected chi connectivity index (χ0v) is 30.6. The second-order valence-electron chi connectivity index (χ2n) is 13.8. The molecule has 0 radical (unpaired) electrons. The molecule has 5 heterocycles. The van der Waals surface area contributed by atoms with Crippen LogP contribution in [0.25, 0.3) is 21.1 Å². The Morgan fingerprint density at radius 3 is 2.40 bits per heavy atom. The summed E-state index contributed by atoms with van der Waals surface area (Å²) in [5.74, 6) is 1.24. The highest BCUT2D eigenvalue weighted by atomic mass is 32.2. The maximum absolute atomic E-state index is 13.1. The zero-order valence-electron chi connectivity index (χ0n) is 29.0. The average molecular weight is 731 g/mol. The van der Waals surface area contributed by atoms with Crippen molar-refractivity contribution in [2.75, 3.05) is 37.8 Å². The maximum Gasteiger partial charge on any atom is 0.393 e. The van der Waals surface area contributed by atoms with E-state index in [1.807, 2.05) is 13.0 Å². The number of aryl methyl sites for hydroxylation is 2. The van der Waals surface area contributed by atoms with E-state index in [1.54, 1.807) is 6.07 Å². The molecule has 2 aliphatic heterocycles. The number of nitrogens with one attached hydrogen (secondary N) is 2. The number of likely N-dealkylation sites (tertiary alicyclic amines) is 2. The number of benzene rings is 1. The third kappa shape index (κ3) is 8.59. The molecular weight excluding hydrogens is 686 g/mol. The van der Waals surface area contributed by atoms with Crippen LogP contribution in [0.4, 0.5) is 19.0 Å². The van der Waals surface area contributed by atoms with Gasteiger partial charge in [0.15, 0.2) is 0 Å². The molecule has 1 aromatic carbocycles. The Morgan fingerprint density at radius 2 is 1.76 bits per heavy atom. The Labute approximate surface area is 295 Å². The van der Waals surface area contributed by atoms with Gasteiger partial charge in [-0.15, -0.1) is 11.3 Å². The third-order valence-electron chi connectivity index (χ3n) is 10.1. The van der Waals surface area contributed by atoms with Gasteiger partial charge in [0.25, 0.3) is 0 Å². The SMILES string of the molecule is CCc1nc(NC2CCN(Cc3ccc4c(cc(C#N)n4C[C@H](C)N4CCC(NS(C)(=O)=O)CC4)c3C)CC2)c2cc(CC(F)(F)F)sc2n1. The minimum Gasteiger partial charge on any atom is -0.367 e. The van der Waals surface area contributed by atoms with Crippen molar-refractivity contribution in [2.45, 2.75) is 96.7 Å². The Morgan fingerprint density at radius 1 is 1.06 bits per heavy atom. The van der Waals surface area contributed by atoms with E-state index in [2.05, 4.69) is 66.4 Å². The summed E-state index contributed by atoms with van der Waals surface area (Å²) in [4.78, 5) is 14.8. The first-order valence-electron chi connectivity index (χ1n) is 17.3. The van der Waals surface area contributed by atoms with Gasteiger partial charge >= 0.3 is 6.18 Å². The number of hydrogen-bond acceptors (Lipinski definition) is 9. The van der Waals surface area contributed by atoms with E-state index in [4.69, 9.17) is 0 Å². The topological polar surface area (TPSA) is 119 Å². The maximum atomic E-state index is 13.1. The van der Waals surface area contributed by atoms with Gasteiger partial charge in [-0.3, -0.25) is 9.80 Å². The molecule has 0 bridgehead atoms. The number of nitrogens with zero attached hydrogens (tertiary/aromatic N) is 6. The fourth-order valence-corrected chi connectivity index (χ4v) is 9.28. The Hall–Kier alpha value is -3.29. The molecule has 10 nitrogen and oxygen atoms in total. The molecule has 0 amide bonds. The number of halogens is 3. The highest BCUT2D eigenvalue weighted by molar-refractivity contribution is 7.88. The number of rotatable bonds is 11. The Balaban J connectivity index is 1.09. The molecule has 2 saturated heterocycles. The predicted molar refractivity (Wildman–Crippen MR) is 192 cm³/mol. The minimum atomic E-state index is -4.27. The van der Waals surface area contributed by atoms with Crippen LogP contribution in [0.5, 0.6) is 0 Å². The van der Waals surface area contributed by atoms with E-state index >= 15 is 0 Å². The molecule has 15 heteroatoms. The first-order valence-corrected chi connectivity index (χ1v) is 20.0. The van der Waals surface area contributed by atoms with Crippen molar-refractivity contribution in [1.29, 1.82) is 5.26 Å². The fourth-order valence-electron chi connectivity index (χ4n) is 7.36. The number of alkyl halides is 3. The van der Waals surface area contributed by atoms with Gasteiger partial charge in [0, 0.05) is 79.6 Å². The molecular formula is C35H45F3N8O2S2. The molecule has 50 heavy (non-hydrogen) atoms. The summed E-state index contributed by atoms with van der Waals surface area (Å²) in [7, 11) is -3.23. The van der Waals surface area contributed by atoms with Crippen molar-refractivity contribution in [2.24, 2.45) is 0 Å². The van der Waals surface area contributed by atoms with Gasteiger partial charge in [0.2, 0.25) is 10.0 Å². The van der Waals surface area contributed by atoms with Gasteiger partial charge in [0.05, 0.1) is 18.1 Å². The van der Waals surface area contributed by atoms with E-state index in [0.29, 0.717) is 40.5 Å². The molecule has 6 rings (SSSR count). The average Bonchev–Trinajstić information content (AvgIpc) is 3.62. The molecule has 4 aromatic rings. The van der Waals surface area contributed by atoms with Crippen LogP contribution in [0.2, 0.25) is 0 Å². The lowest BCUT2D eigenvalue weighted by Gasteiger charge is -2.36. The van der Waals surface area contributed by atoms with Crippen molar-refractivity contribution >= 4 is 48.3 Å². The summed E-state index contributed by atoms with van der Waals surface area (Å²) in [5.41, 5.74) is 4.06. The number of thiophene rings is 1. The number of nitriles is 1. The second kappa shape index (κ2) is 14.7. The zero-order chi connectivity index (χ0) is 35.8. The van der Waals surface area contributed by atoms with Crippen LogP contribution in [0, 0.1) is 18.3 Å². The summed E-state index contributed by atoms with van der Waals surface area (Å²) in [6.45, 7) is 11.0. The Kier molecular flexibility index (Phi) is 10.8. The predicted octanol–water partition coefficient (Wildman–Crippen LogP) is 5.97. The number of sulfonamides is 1. The van der Waals surface area contributed by atoms with Crippen molar-refractivity contribution in [3.63, 3.8) is 0 Å². The number of anilines is 1. The first-order chi connectivity index (χ1) is 23.7. The van der Waals surface area contributed by atoms with Gasteiger partial charge in [-0.25, -0.2) is 23.1 Å². The molecule has 2 fully saturated rings. The van der Waals surface area contributed by atoms with E-state index in [0.717, 1.165) is 80.6 Å². The van der Waals surface area contributed by atoms with E-state index < -0.39 is 22.6 Å². The van der Waals surface area contributed by atoms with Crippen molar-refractivity contribution in [1.82, 2.24) is 29.1 Å². The van der Waals surface area contributed by atoms with Gasteiger partial charge < -0.3 is 9.88 Å². The summed E-state index contributed by atoms with van der Waals surface area (Å²) >= 11 is 1.09. The van der Waals surface area contributed by atoms with Crippen molar-refractivity contribution < 1.29 is 21.6 Å². The van der Waals surface area contributed by atoms with Gasteiger partial charge in [-0.1, -0.05) is 13.0 Å². The van der Waals surface area contributed by atoms with Crippen LogP contribution >= 0.6 is 11.3 Å². The largest absolute Gasteiger partial charge is 0.393 e. The van der Waals surface area contributed by atoms with E-state index in [-0.39, 0.29) is 23.0 Å². The summed E-state index contributed by atoms with van der Waals surface area (Å²) in [6.07, 6.45) is -0.159. The van der Waals surface area contributed by atoms with Crippen LogP contribution in [-0.4, -0.2) is 89.5 Å². The molecule has 3 aromatic heterocycles. The molecule has 2 aliphatic rings. The molecule has 0 saturated carbocycles. The monoisotopic (exact) mass is 730 g/mol. The van der Waals surface area contributed by atoms with Crippen molar-refractivity contribution in [3.05, 3.63) is 51.8 Å². The highest BCUT2D eigenvalue weighted by Crippen LogP contribution is 2.34. The number of hydrogen-bond donors (Lipinski definition) is 2. The number of aromatic nitrogens is 3. The van der Waals surface area contributed by atoms with Crippen LogP contribution < -0.4 is 10.0 Å². The normalized spacial score (nSPS) is 18.2. The fraction of sp³-hybridized carbons (Fsp3) is 0.571. The van der Waals surface area contributed by atoms with Gasteiger partial charge in [0.1, 0.15) is 28.2 Å². The second-order valence-corrected chi connectivity index (χ2v) is 16.7. The number of fused-ring (bicyclic) bond motifs is 2. The Bertz CT molecular complexity index is 1990. The lowest BCUT2D eigenvalue weighted by molar-refractivity contribution is -0.126. The van der Waals surface area contributed by atoms with E-state index in [9.17, 15) is 26.9 Å². The quantitative estimate of drug-likeness (QED) is 0.194. The lowest BCUT2D eigenvalue weighted by Crippen LogP contribution is -2.48. The number of piperidine rings is 2. The lowest BCUT2D eigenvalue weighted by atomic mass is 10.0. The molecule has 1 atom stereocenters. The first kappa shape index (κ1) is 36.5. The van der Waals surface area contributed by atoms with Crippen LogP contribution in [0.15, 0.2) is 24.3 Å². The molecule has 2 N–H and O–H groups in total. The smallest absolute Gasteiger partial charge is 0.367 e. The third-order valence-corrected chi connectivity index (χ3v) is 11.9. The van der Waals surface area contributed by atoms with Crippen LogP contribution in [0.3, 0.4) is 0 Å². The van der Waals surface area contributed by atoms with Crippen LogP contribution in [-0.2, 0) is 36.0 Å². The molecule has 0 spiro atoms. The van der Waals surface area contributed by atoms with Crippen molar-refractivity contribution in [3.8, 4) is 6.07 Å². The summed E-state index contributed by atoms with van der Waals surface area (Å²) < 4.78 is 67.4. The minimum absolute atomic E-state index is 0.0357. The molecule has 0 aliphatic carbocycles.